The minimum absolute atomic E-state index is 0.0806. The van der Waals surface area contributed by atoms with Gasteiger partial charge in [-0.05, 0) is 49.2 Å². The molecule has 4 rings (SSSR count). The number of nitrogens with one attached hydrogen (secondary N) is 1. The molecule has 29 heavy (non-hydrogen) atoms. The van der Waals surface area contributed by atoms with E-state index in [0.717, 1.165) is 28.8 Å². The highest BCUT2D eigenvalue weighted by atomic mass is 16.3. The van der Waals surface area contributed by atoms with Gasteiger partial charge in [-0.2, -0.15) is 0 Å². The number of anilines is 1. The first-order valence-electron chi connectivity index (χ1n) is 9.59. The largest absolute Gasteiger partial charge is 0.456 e. The van der Waals surface area contributed by atoms with Crippen molar-refractivity contribution in [2.45, 2.75) is 20.3 Å². The number of hydrogen-bond donors (Lipinski definition) is 1. The monoisotopic (exact) mass is 383 g/mol. The van der Waals surface area contributed by atoms with Gasteiger partial charge in [-0.25, -0.2) is 0 Å². The Kier molecular flexibility index (Phi) is 5.00. The van der Waals surface area contributed by atoms with Crippen LogP contribution in [0.25, 0.3) is 22.3 Å². The Labute approximate surface area is 168 Å². The molecule has 0 saturated carbocycles. The zero-order valence-corrected chi connectivity index (χ0v) is 16.4. The summed E-state index contributed by atoms with van der Waals surface area (Å²) in [6.07, 6.45) is 0.843. The van der Waals surface area contributed by atoms with Crippen LogP contribution in [-0.4, -0.2) is 5.91 Å². The molecule has 0 bridgehead atoms. The molecular formula is C25H21NO3. The van der Waals surface area contributed by atoms with Crippen LogP contribution in [0.4, 0.5) is 5.69 Å². The summed E-state index contributed by atoms with van der Waals surface area (Å²) in [5.41, 5.74) is 4.68. The van der Waals surface area contributed by atoms with E-state index in [0.29, 0.717) is 22.3 Å². The Bertz CT molecular complexity index is 1250. The number of fused-ring (bicyclic) bond motifs is 1. The summed E-state index contributed by atoms with van der Waals surface area (Å²) in [6, 6.07) is 21.9. The summed E-state index contributed by atoms with van der Waals surface area (Å²) in [5.74, 6) is 0.308. The number of rotatable bonds is 4. The second-order valence-electron chi connectivity index (χ2n) is 7.02. The first kappa shape index (κ1) is 18.7. The quantitative estimate of drug-likeness (QED) is 0.500. The summed E-state index contributed by atoms with van der Waals surface area (Å²) in [4.78, 5) is 25.0. The lowest BCUT2D eigenvalue weighted by Gasteiger charge is -2.10. The smallest absolute Gasteiger partial charge is 0.255 e. The number of carbonyl (C=O) groups is 1. The van der Waals surface area contributed by atoms with E-state index in [1.165, 1.54) is 6.07 Å². The third kappa shape index (κ3) is 3.83. The molecule has 0 radical (unpaired) electrons. The second kappa shape index (κ2) is 7.76. The fraction of sp³-hybridized carbons (Fsp3) is 0.120. The SMILES string of the molecule is CCc1ccccc1NC(=O)c1ccc(-c2cc(=O)c3cc(C)ccc3o2)cc1. The van der Waals surface area contributed by atoms with E-state index in [9.17, 15) is 9.59 Å². The van der Waals surface area contributed by atoms with Crippen molar-refractivity contribution in [3.05, 3.63) is 99.7 Å². The van der Waals surface area contributed by atoms with Crippen molar-refractivity contribution in [2.75, 3.05) is 5.32 Å². The molecule has 4 heteroatoms. The lowest BCUT2D eigenvalue weighted by Crippen LogP contribution is -2.13. The fourth-order valence-electron chi connectivity index (χ4n) is 3.34. The number of benzene rings is 3. The van der Waals surface area contributed by atoms with E-state index >= 15 is 0 Å². The summed E-state index contributed by atoms with van der Waals surface area (Å²) >= 11 is 0. The minimum Gasteiger partial charge on any atom is -0.456 e. The first-order chi connectivity index (χ1) is 14.0. The van der Waals surface area contributed by atoms with Crippen LogP contribution >= 0.6 is 0 Å². The lowest BCUT2D eigenvalue weighted by atomic mass is 10.1. The number of hydrogen-bond acceptors (Lipinski definition) is 3. The van der Waals surface area contributed by atoms with E-state index in [-0.39, 0.29) is 11.3 Å². The highest BCUT2D eigenvalue weighted by Crippen LogP contribution is 2.24. The number of para-hydroxylation sites is 1. The van der Waals surface area contributed by atoms with Crippen molar-refractivity contribution in [2.24, 2.45) is 0 Å². The highest BCUT2D eigenvalue weighted by Gasteiger charge is 2.11. The summed E-state index contributed by atoms with van der Waals surface area (Å²) in [6.45, 7) is 3.99. The minimum atomic E-state index is -0.173. The molecule has 1 amide bonds. The van der Waals surface area contributed by atoms with Crippen molar-refractivity contribution < 1.29 is 9.21 Å². The van der Waals surface area contributed by atoms with Crippen molar-refractivity contribution in [1.82, 2.24) is 0 Å². The third-order valence-corrected chi connectivity index (χ3v) is 4.96. The molecule has 0 atom stereocenters. The molecule has 4 aromatic rings. The Hall–Kier alpha value is -3.66. The van der Waals surface area contributed by atoms with Gasteiger partial charge in [-0.15, -0.1) is 0 Å². The highest BCUT2D eigenvalue weighted by molar-refractivity contribution is 6.04. The second-order valence-corrected chi connectivity index (χ2v) is 7.02. The van der Waals surface area contributed by atoms with Gasteiger partial charge in [0.1, 0.15) is 11.3 Å². The van der Waals surface area contributed by atoms with Gasteiger partial charge in [-0.1, -0.05) is 48.9 Å². The number of amides is 1. The van der Waals surface area contributed by atoms with Gasteiger partial charge in [0.15, 0.2) is 5.43 Å². The molecule has 4 nitrogen and oxygen atoms in total. The maximum absolute atomic E-state index is 12.6. The van der Waals surface area contributed by atoms with E-state index < -0.39 is 0 Å². The van der Waals surface area contributed by atoms with Crippen LogP contribution in [0.1, 0.15) is 28.4 Å². The Balaban J connectivity index is 1.61. The molecule has 1 N–H and O–H groups in total. The summed E-state index contributed by atoms with van der Waals surface area (Å²) in [7, 11) is 0. The Morgan fingerprint density at radius 3 is 2.48 bits per heavy atom. The van der Waals surface area contributed by atoms with E-state index in [1.54, 1.807) is 24.3 Å². The van der Waals surface area contributed by atoms with Crippen molar-refractivity contribution in [3.63, 3.8) is 0 Å². The van der Waals surface area contributed by atoms with Crippen molar-refractivity contribution in [3.8, 4) is 11.3 Å². The molecule has 0 fully saturated rings. The average Bonchev–Trinajstić information content (AvgIpc) is 2.74. The van der Waals surface area contributed by atoms with Gasteiger partial charge in [0.2, 0.25) is 0 Å². The molecule has 0 spiro atoms. The normalized spacial score (nSPS) is 10.8. The zero-order chi connectivity index (χ0) is 20.4. The zero-order valence-electron chi connectivity index (χ0n) is 16.4. The fourth-order valence-corrected chi connectivity index (χ4v) is 3.34. The van der Waals surface area contributed by atoms with Crippen LogP contribution in [0.15, 0.2) is 82.0 Å². The van der Waals surface area contributed by atoms with Gasteiger partial charge >= 0.3 is 0 Å². The van der Waals surface area contributed by atoms with Crippen LogP contribution in [0.3, 0.4) is 0 Å². The predicted molar refractivity (Wildman–Crippen MR) is 116 cm³/mol. The van der Waals surface area contributed by atoms with Crippen LogP contribution in [0.2, 0.25) is 0 Å². The molecule has 0 aliphatic carbocycles. The molecule has 0 aliphatic rings. The van der Waals surface area contributed by atoms with Crippen molar-refractivity contribution >= 4 is 22.6 Å². The van der Waals surface area contributed by atoms with Crippen molar-refractivity contribution in [1.29, 1.82) is 0 Å². The maximum atomic E-state index is 12.6. The summed E-state index contributed by atoms with van der Waals surface area (Å²) < 4.78 is 5.91. The average molecular weight is 383 g/mol. The predicted octanol–water partition coefficient (Wildman–Crippen LogP) is 5.58. The van der Waals surface area contributed by atoms with Crippen LogP contribution < -0.4 is 10.7 Å². The van der Waals surface area contributed by atoms with E-state index in [4.69, 9.17) is 4.42 Å². The third-order valence-electron chi connectivity index (χ3n) is 4.96. The van der Waals surface area contributed by atoms with Gasteiger partial charge < -0.3 is 9.73 Å². The van der Waals surface area contributed by atoms with Gasteiger partial charge in [-0.3, -0.25) is 9.59 Å². The standard InChI is InChI=1S/C25H21NO3/c1-3-17-6-4-5-7-21(17)26-25(28)19-11-9-18(10-12-19)24-15-22(27)20-14-16(2)8-13-23(20)29-24/h4-15H,3H2,1-2H3,(H,26,28). The van der Waals surface area contributed by atoms with Gasteiger partial charge in [0.05, 0.1) is 5.39 Å². The maximum Gasteiger partial charge on any atom is 0.255 e. The number of carbonyl (C=O) groups excluding carboxylic acids is 1. The molecule has 0 aliphatic heterocycles. The molecule has 0 unspecified atom stereocenters. The molecule has 144 valence electrons. The molecule has 0 saturated heterocycles. The molecular weight excluding hydrogens is 362 g/mol. The molecule has 1 heterocycles. The van der Waals surface area contributed by atoms with Gasteiger partial charge in [0.25, 0.3) is 5.91 Å². The van der Waals surface area contributed by atoms with Gasteiger partial charge in [0, 0.05) is 22.9 Å². The first-order valence-corrected chi connectivity index (χ1v) is 9.59. The molecule has 3 aromatic carbocycles. The Morgan fingerprint density at radius 1 is 0.966 bits per heavy atom. The summed E-state index contributed by atoms with van der Waals surface area (Å²) in [5, 5.41) is 3.53. The lowest BCUT2D eigenvalue weighted by molar-refractivity contribution is 0.102. The topological polar surface area (TPSA) is 59.3 Å². The van der Waals surface area contributed by atoms with E-state index in [1.807, 2.05) is 49.4 Å². The van der Waals surface area contributed by atoms with Crippen LogP contribution in [0, 0.1) is 6.92 Å². The van der Waals surface area contributed by atoms with Crippen LogP contribution in [-0.2, 0) is 6.42 Å². The van der Waals surface area contributed by atoms with Crippen LogP contribution in [0.5, 0.6) is 0 Å². The molecule has 1 aromatic heterocycles. The van der Waals surface area contributed by atoms with E-state index in [2.05, 4.69) is 12.2 Å². The number of aryl methyl sites for hydroxylation is 2. The Morgan fingerprint density at radius 2 is 1.72 bits per heavy atom.